The first-order valence-corrected chi connectivity index (χ1v) is 4.65. The van der Waals surface area contributed by atoms with Crippen LogP contribution in [0.4, 0.5) is 0 Å². The Balaban J connectivity index is 3.05. The summed E-state index contributed by atoms with van der Waals surface area (Å²) in [5.41, 5.74) is 1.90. The first kappa shape index (κ1) is 10.3. The lowest BCUT2D eigenvalue weighted by Crippen LogP contribution is -1.94. The van der Waals surface area contributed by atoms with Crippen molar-refractivity contribution in [2.75, 3.05) is 0 Å². The molecule has 70 valence electrons. The Morgan fingerprint density at radius 2 is 2.31 bits per heavy atom. The maximum Gasteiger partial charge on any atom is 0.0969 e. The molecule has 0 saturated heterocycles. The van der Waals surface area contributed by atoms with Gasteiger partial charge in [-0.15, -0.1) is 6.58 Å². The molecule has 0 aromatic heterocycles. The van der Waals surface area contributed by atoms with E-state index in [4.69, 9.17) is 11.6 Å². The highest BCUT2D eigenvalue weighted by Gasteiger charge is 2.05. The van der Waals surface area contributed by atoms with Gasteiger partial charge < -0.3 is 5.11 Å². The zero-order valence-electron chi connectivity index (χ0n) is 7.63. The molecule has 0 heterocycles. The summed E-state index contributed by atoms with van der Waals surface area (Å²) in [7, 11) is 0. The third kappa shape index (κ3) is 2.33. The SMILES string of the molecule is C=CC(O)c1ccc(Cl)c(CC)c1. The maximum atomic E-state index is 9.48. The molecule has 0 amide bonds. The van der Waals surface area contributed by atoms with E-state index in [1.165, 1.54) is 6.08 Å². The zero-order valence-corrected chi connectivity index (χ0v) is 8.38. The molecule has 2 heteroatoms. The number of rotatable bonds is 3. The number of aliphatic hydroxyl groups is 1. The molecule has 13 heavy (non-hydrogen) atoms. The second-order valence-corrected chi connectivity index (χ2v) is 3.29. The normalized spacial score (nSPS) is 12.5. The molecular formula is C11H13ClO. The number of halogens is 1. The lowest BCUT2D eigenvalue weighted by atomic mass is 10.0. The van der Waals surface area contributed by atoms with Crippen molar-refractivity contribution in [3.63, 3.8) is 0 Å². The Kier molecular flexibility index (Phi) is 3.52. The second-order valence-electron chi connectivity index (χ2n) is 2.88. The van der Waals surface area contributed by atoms with E-state index in [1.807, 2.05) is 25.1 Å². The van der Waals surface area contributed by atoms with Crippen LogP contribution in [0.5, 0.6) is 0 Å². The van der Waals surface area contributed by atoms with Crippen molar-refractivity contribution in [2.45, 2.75) is 19.4 Å². The second kappa shape index (κ2) is 4.45. The van der Waals surface area contributed by atoms with Gasteiger partial charge in [0.05, 0.1) is 6.10 Å². The fourth-order valence-electron chi connectivity index (χ4n) is 1.19. The Morgan fingerprint density at radius 3 is 2.85 bits per heavy atom. The number of hydrogen-bond acceptors (Lipinski definition) is 1. The highest BCUT2D eigenvalue weighted by atomic mass is 35.5. The van der Waals surface area contributed by atoms with E-state index in [1.54, 1.807) is 0 Å². The smallest absolute Gasteiger partial charge is 0.0969 e. The van der Waals surface area contributed by atoms with E-state index < -0.39 is 6.10 Å². The quantitative estimate of drug-likeness (QED) is 0.737. The van der Waals surface area contributed by atoms with Crippen LogP contribution < -0.4 is 0 Å². The summed E-state index contributed by atoms with van der Waals surface area (Å²) in [6, 6.07) is 5.53. The molecule has 0 aliphatic heterocycles. The lowest BCUT2D eigenvalue weighted by Gasteiger charge is -2.08. The zero-order chi connectivity index (χ0) is 9.84. The van der Waals surface area contributed by atoms with Crippen molar-refractivity contribution >= 4 is 11.6 Å². The minimum Gasteiger partial charge on any atom is -0.384 e. The van der Waals surface area contributed by atoms with E-state index >= 15 is 0 Å². The number of hydrogen-bond donors (Lipinski definition) is 1. The standard InChI is InChI=1S/C11H13ClO/c1-3-8-7-9(11(13)4-2)5-6-10(8)12/h4-7,11,13H,2-3H2,1H3. The van der Waals surface area contributed by atoms with Crippen LogP contribution in [0, 0.1) is 0 Å². The van der Waals surface area contributed by atoms with Crippen molar-refractivity contribution in [3.05, 3.63) is 47.0 Å². The van der Waals surface area contributed by atoms with Crippen LogP contribution >= 0.6 is 11.6 Å². The van der Waals surface area contributed by atoms with Gasteiger partial charge >= 0.3 is 0 Å². The van der Waals surface area contributed by atoms with E-state index in [0.29, 0.717) is 0 Å². The fourth-order valence-corrected chi connectivity index (χ4v) is 1.44. The molecule has 0 radical (unpaired) electrons. The minimum atomic E-state index is -0.595. The van der Waals surface area contributed by atoms with Gasteiger partial charge in [0.25, 0.3) is 0 Å². The molecule has 1 N–H and O–H groups in total. The monoisotopic (exact) mass is 196 g/mol. The Labute approximate surface area is 83.7 Å². The van der Waals surface area contributed by atoms with Crippen LogP contribution in [-0.4, -0.2) is 5.11 Å². The van der Waals surface area contributed by atoms with E-state index in [9.17, 15) is 5.11 Å². The summed E-state index contributed by atoms with van der Waals surface area (Å²) in [5, 5.41) is 10.2. The van der Waals surface area contributed by atoms with Crippen molar-refractivity contribution in [3.8, 4) is 0 Å². The van der Waals surface area contributed by atoms with Crippen LogP contribution in [0.3, 0.4) is 0 Å². The van der Waals surface area contributed by atoms with Gasteiger partial charge in [0.15, 0.2) is 0 Å². The highest BCUT2D eigenvalue weighted by molar-refractivity contribution is 6.31. The van der Waals surface area contributed by atoms with E-state index in [-0.39, 0.29) is 0 Å². The molecule has 0 bridgehead atoms. The molecule has 1 atom stereocenters. The van der Waals surface area contributed by atoms with Gasteiger partial charge in [0.2, 0.25) is 0 Å². The summed E-state index contributed by atoms with van der Waals surface area (Å²) in [4.78, 5) is 0. The summed E-state index contributed by atoms with van der Waals surface area (Å²) in [6.07, 6.45) is 1.78. The Morgan fingerprint density at radius 1 is 1.62 bits per heavy atom. The van der Waals surface area contributed by atoms with Crippen LogP contribution in [-0.2, 0) is 6.42 Å². The third-order valence-electron chi connectivity index (χ3n) is 2.02. The third-order valence-corrected chi connectivity index (χ3v) is 2.38. The summed E-state index contributed by atoms with van der Waals surface area (Å²) in [6.45, 7) is 5.56. The topological polar surface area (TPSA) is 20.2 Å². The average Bonchev–Trinajstić information content (AvgIpc) is 2.17. The van der Waals surface area contributed by atoms with Crippen molar-refractivity contribution < 1.29 is 5.11 Å². The molecule has 0 saturated carbocycles. The van der Waals surface area contributed by atoms with Gasteiger partial charge in [-0.3, -0.25) is 0 Å². The van der Waals surface area contributed by atoms with Crippen molar-refractivity contribution in [1.82, 2.24) is 0 Å². The van der Waals surface area contributed by atoms with Crippen LogP contribution in [0.2, 0.25) is 5.02 Å². The molecule has 0 aliphatic rings. The number of benzene rings is 1. The first-order chi connectivity index (χ1) is 6.19. The van der Waals surface area contributed by atoms with Gasteiger partial charge in [-0.05, 0) is 23.6 Å². The molecule has 1 aromatic carbocycles. The molecule has 1 unspecified atom stereocenters. The maximum absolute atomic E-state index is 9.48. The van der Waals surface area contributed by atoms with Gasteiger partial charge in [0, 0.05) is 5.02 Å². The first-order valence-electron chi connectivity index (χ1n) is 4.28. The van der Waals surface area contributed by atoms with Crippen molar-refractivity contribution in [2.24, 2.45) is 0 Å². The molecule has 1 aromatic rings. The molecular weight excluding hydrogens is 184 g/mol. The van der Waals surface area contributed by atoms with Gasteiger partial charge in [-0.2, -0.15) is 0 Å². The predicted molar refractivity (Wildman–Crippen MR) is 56.0 cm³/mol. The average molecular weight is 197 g/mol. The minimum absolute atomic E-state index is 0.595. The highest BCUT2D eigenvalue weighted by Crippen LogP contribution is 2.22. The van der Waals surface area contributed by atoms with Crippen LogP contribution in [0.25, 0.3) is 0 Å². The number of aryl methyl sites for hydroxylation is 1. The summed E-state index contributed by atoms with van der Waals surface area (Å²) in [5.74, 6) is 0. The van der Waals surface area contributed by atoms with Crippen LogP contribution in [0.1, 0.15) is 24.2 Å². The van der Waals surface area contributed by atoms with Gasteiger partial charge in [-0.25, -0.2) is 0 Å². The van der Waals surface area contributed by atoms with Crippen LogP contribution in [0.15, 0.2) is 30.9 Å². The Hall–Kier alpha value is -0.790. The lowest BCUT2D eigenvalue weighted by molar-refractivity contribution is 0.229. The van der Waals surface area contributed by atoms with Crippen molar-refractivity contribution in [1.29, 1.82) is 0 Å². The number of aliphatic hydroxyl groups excluding tert-OH is 1. The summed E-state index contributed by atoms with van der Waals surface area (Å²) >= 11 is 5.94. The molecule has 0 fully saturated rings. The molecule has 0 aliphatic carbocycles. The fraction of sp³-hybridized carbons (Fsp3) is 0.273. The largest absolute Gasteiger partial charge is 0.384 e. The van der Waals surface area contributed by atoms with Gasteiger partial charge in [0.1, 0.15) is 0 Å². The van der Waals surface area contributed by atoms with E-state index in [0.717, 1.165) is 22.6 Å². The molecule has 1 rings (SSSR count). The molecule has 1 nitrogen and oxygen atoms in total. The molecule has 0 spiro atoms. The van der Waals surface area contributed by atoms with E-state index in [2.05, 4.69) is 6.58 Å². The van der Waals surface area contributed by atoms with Gasteiger partial charge in [-0.1, -0.05) is 36.7 Å². The Bertz CT molecular complexity index is 307. The predicted octanol–water partition coefficient (Wildman–Crippen LogP) is 3.12. The summed E-state index contributed by atoms with van der Waals surface area (Å²) < 4.78 is 0.